The Labute approximate surface area is 157 Å². The minimum atomic E-state index is -0.364. The maximum absolute atomic E-state index is 6.12. The summed E-state index contributed by atoms with van der Waals surface area (Å²) in [6.07, 6.45) is 0. The van der Waals surface area contributed by atoms with Gasteiger partial charge in [0.1, 0.15) is 0 Å². The zero-order valence-electron chi connectivity index (χ0n) is 17.1. The van der Waals surface area contributed by atoms with E-state index < -0.39 is 0 Å². The first-order chi connectivity index (χ1) is 12.1. The lowest BCUT2D eigenvalue weighted by molar-refractivity contribution is 0.00578. The summed E-state index contributed by atoms with van der Waals surface area (Å²) in [6.45, 7) is 13.3. The summed E-state index contributed by atoms with van der Waals surface area (Å²) >= 11 is 0. The molecule has 0 spiro atoms. The fraction of sp³-hybridized carbons (Fsp3) is 0.550. The van der Waals surface area contributed by atoms with Gasteiger partial charge in [0.2, 0.25) is 0 Å². The Bertz CT molecular complexity index is 674. The second-order valence-corrected chi connectivity index (χ2v) is 7.73. The molecule has 0 saturated carbocycles. The highest BCUT2D eigenvalue weighted by Crippen LogP contribution is 2.36. The Kier molecular flexibility index (Phi) is 6.32. The van der Waals surface area contributed by atoms with Gasteiger partial charge in [-0.2, -0.15) is 0 Å². The van der Waals surface area contributed by atoms with Crippen molar-refractivity contribution in [2.24, 2.45) is 10.7 Å². The predicted molar refractivity (Wildman–Crippen MR) is 109 cm³/mol. The van der Waals surface area contributed by atoms with E-state index in [9.17, 15) is 0 Å². The van der Waals surface area contributed by atoms with E-state index in [0.717, 1.165) is 28.0 Å². The van der Waals surface area contributed by atoms with Crippen LogP contribution < -0.4 is 11.2 Å². The lowest BCUT2D eigenvalue weighted by Gasteiger charge is -2.32. The number of benzene rings is 1. The van der Waals surface area contributed by atoms with Crippen molar-refractivity contribution in [3.8, 4) is 0 Å². The standard InChI is InChI=1S/C20H31BN2O3/c1-14(22)18(15(2)23-12-13-24-7)16-8-10-17(11-9-16)21-25-19(3,4)20(5,6)26-21/h8-11H,12-13,22H2,1-7H3/b18-14+,23-15?. The van der Waals surface area contributed by atoms with Crippen LogP contribution in [0.5, 0.6) is 0 Å². The first kappa shape index (κ1) is 20.7. The van der Waals surface area contributed by atoms with Gasteiger partial charge in [0.15, 0.2) is 0 Å². The van der Waals surface area contributed by atoms with Gasteiger partial charge < -0.3 is 19.8 Å². The Morgan fingerprint density at radius 2 is 1.62 bits per heavy atom. The number of allylic oxidation sites excluding steroid dienone is 2. The molecule has 26 heavy (non-hydrogen) atoms. The van der Waals surface area contributed by atoms with E-state index in [2.05, 4.69) is 32.7 Å². The third kappa shape index (κ3) is 4.37. The predicted octanol–water partition coefficient (Wildman–Crippen LogP) is 2.78. The van der Waals surface area contributed by atoms with Crippen molar-refractivity contribution in [3.05, 3.63) is 35.5 Å². The molecule has 6 heteroatoms. The van der Waals surface area contributed by atoms with Gasteiger partial charge in [-0.3, -0.25) is 4.99 Å². The van der Waals surface area contributed by atoms with Crippen molar-refractivity contribution in [2.75, 3.05) is 20.3 Å². The number of nitrogens with zero attached hydrogens (tertiary/aromatic N) is 1. The highest BCUT2D eigenvalue weighted by molar-refractivity contribution is 6.62. The van der Waals surface area contributed by atoms with Gasteiger partial charge in [-0.1, -0.05) is 24.3 Å². The summed E-state index contributed by atoms with van der Waals surface area (Å²) < 4.78 is 17.3. The van der Waals surface area contributed by atoms with E-state index in [1.807, 2.05) is 38.1 Å². The topological polar surface area (TPSA) is 66.1 Å². The van der Waals surface area contributed by atoms with E-state index in [4.69, 9.17) is 19.8 Å². The minimum absolute atomic E-state index is 0.347. The molecule has 0 radical (unpaired) electrons. The highest BCUT2D eigenvalue weighted by Gasteiger charge is 2.51. The summed E-state index contributed by atoms with van der Waals surface area (Å²) in [5, 5.41) is 0. The molecule has 2 N–H and O–H groups in total. The van der Waals surface area contributed by atoms with Crippen molar-refractivity contribution in [2.45, 2.75) is 52.7 Å². The summed E-state index contributed by atoms with van der Waals surface area (Å²) in [7, 11) is 1.31. The minimum Gasteiger partial charge on any atom is -0.402 e. The summed E-state index contributed by atoms with van der Waals surface area (Å²) in [6, 6.07) is 8.15. The molecular formula is C20H31BN2O3. The quantitative estimate of drug-likeness (QED) is 0.482. The van der Waals surface area contributed by atoms with Gasteiger partial charge in [-0.15, -0.1) is 0 Å². The van der Waals surface area contributed by atoms with Crippen LogP contribution >= 0.6 is 0 Å². The molecule has 142 valence electrons. The first-order valence-electron chi connectivity index (χ1n) is 9.02. The zero-order valence-corrected chi connectivity index (χ0v) is 17.1. The van der Waals surface area contributed by atoms with Crippen molar-refractivity contribution in [1.82, 2.24) is 0 Å². The van der Waals surface area contributed by atoms with Crippen LogP contribution in [0, 0.1) is 0 Å². The normalized spacial score (nSPS) is 20.3. The van der Waals surface area contributed by atoms with Crippen LogP contribution in [0.3, 0.4) is 0 Å². The van der Waals surface area contributed by atoms with Crippen LogP contribution in [-0.2, 0) is 14.0 Å². The molecule has 0 aromatic heterocycles. The molecule has 1 aromatic carbocycles. The van der Waals surface area contributed by atoms with E-state index in [0.29, 0.717) is 13.2 Å². The molecule has 1 heterocycles. The fourth-order valence-corrected chi connectivity index (χ4v) is 2.89. The van der Waals surface area contributed by atoms with Crippen molar-refractivity contribution in [3.63, 3.8) is 0 Å². The second kappa shape index (κ2) is 7.95. The average molecular weight is 358 g/mol. The number of nitrogens with two attached hydrogens (primary N) is 1. The molecule has 0 unspecified atom stereocenters. The molecular weight excluding hydrogens is 327 g/mol. The van der Waals surface area contributed by atoms with Crippen LogP contribution in [0.4, 0.5) is 0 Å². The maximum atomic E-state index is 6.12. The summed E-state index contributed by atoms with van der Waals surface area (Å²) in [5.74, 6) is 0. The molecule has 0 aliphatic carbocycles. The third-order valence-electron chi connectivity index (χ3n) is 5.13. The summed E-state index contributed by atoms with van der Waals surface area (Å²) in [4.78, 5) is 4.55. The largest absolute Gasteiger partial charge is 0.494 e. The van der Waals surface area contributed by atoms with Gasteiger partial charge in [-0.05, 0) is 52.6 Å². The lowest BCUT2D eigenvalue weighted by Crippen LogP contribution is -2.41. The van der Waals surface area contributed by atoms with Gasteiger partial charge in [0.25, 0.3) is 0 Å². The molecule has 1 aliphatic heterocycles. The Balaban J connectivity index is 2.23. The van der Waals surface area contributed by atoms with E-state index in [1.54, 1.807) is 7.11 Å². The van der Waals surface area contributed by atoms with E-state index in [1.165, 1.54) is 0 Å². The molecule has 0 amide bonds. The smallest absolute Gasteiger partial charge is 0.402 e. The SMILES string of the molecule is COCCN=C(C)/C(=C(/C)N)c1ccc(B2OC(C)(C)C(C)(C)O2)cc1. The van der Waals surface area contributed by atoms with Crippen LogP contribution in [0.25, 0.3) is 5.57 Å². The first-order valence-corrected chi connectivity index (χ1v) is 9.02. The number of rotatable bonds is 6. The second-order valence-electron chi connectivity index (χ2n) is 7.73. The Hall–Kier alpha value is -1.63. The van der Waals surface area contributed by atoms with Gasteiger partial charge in [0, 0.05) is 24.1 Å². The number of hydrogen-bond donors (Lipinski definition) is 1. The summed E-state index contributed by atoms with van der Waals surface area (Å²) in [5.41, 5.74) is 10.1. The monoisotopic (exact) mass is 358 g/mol. The van der Waals surface area contributed by atoms with Gasteiger partial charge in [0.05, 0.1) is 24.4 Å². The molecule has 2 rings (SSSR count). The molecule has 0 bridgehead atoms. The zero-order chi connectivity index (χ0) is 19.5. The molecule has 1 fully saturated rings. The lowest BCUT2D eigenvalue weighted by atomic mass is 9.78. The molecule has 0 atom stereocenters. The number of aliphatic imine (C=N–C) groups is 1. The van der Waals surface area contributed by atoms with Crippen LogP contribution in [0.1, 0.15) is 47.1 Å². The van der Waals surface area contributed by atoms with Crippen LogP contribution in [0.15, 0.2) is 35.0 Å². The van der Waals surface area contributed by atoms with E-state index >= 15 is 0 Å². The molecule has 1 aromatic rings. The molecule has 1 saturated heterocycles. The van der Waals surface area contributed by atoms with Crippen molar-refractivity contribution < 1.29 is 14.0 Å². The van der Waals surface area contributed by atoms with E-state index in [-0.39, 0.29) is 18.3 Å². The van der Waals surface area contributed by atoms with Gasteiger partial charge >= 0.3 is 7.12 Å². The third-order valence-corrected chi connectivity index (χ3v) is 5.13. The molecule has 5 nitrogen and oxygen atoms in total. The average Bonchev–Trinajstić information content (AvgIpc) is 2.76. The van der Waals surface area contributed by atoms with Crippen LogP contribution in [0.2, 0.25) is 0 Å². The van der Waals surface area contributed by atoms with Crippen molar-refractivity contribution >= 4 is 23.9 Å². The number of methoxy groups -OCH3 is 1. The van der Waals surface area contributed by atoms with Crippen LogP contribution in [-0.4, -0.2) is 44.3 Å². The number of hydrogen-bond acceptors (Lipinski definition) is 5. The van der Waals surface area contributed by atoms with Crippen molar-refractivity contribution in [1.29, 1.82) is 0 Å². The Morgan fingerprint density at radius 1 is 1.08 bits per heavy atom. The van der Waals surface area contributed by atoms with Gasteiger partial charge in [-0.25, -0.2) is 0 Å². The Morgan fingerprint density at radius 3 is 2.08 bits per heavy atom. The fourth-order valence-electron chi connectivity index (χ4n) is 2.89. The number of ether oxygens (including phenoxy) is 1. The maximum Gasteiger partial charge on any atom is 0.494 e. The molecule has 1 aliphatic rings. The highest BCUT2D eigenvalue weighted by atomic mass is 16.7.